The molecule has 0 aliphatic heterocycles. The van der Waals surface area contributed by atoms with Gasteiger partial charge >= 0.3 is 0 Å². The van der Waals surface area contributed by atoms with Crippen LogP contribution in [0.1, 0.15) is 23.0 Å². The maximum absolute atomic E-state index is 12.2. The number of ether oxygens (including phenoxy) is 1. The number of carbonyl (C=O) groups is 1. The highest BCUT2D eigenvalue weighted by Crippen LogP contribution is 2.21. The lowest BCUT2D eigenvalue weighted by molar-refractivity contribution is 0.0950. The first-order valence-electron chi connectivity index (χ1n) is 8.96. The number of anilines is 1. The molecular formula is C21H23N5O2. The van der Waals surface area contributed by atoms with Crippen molar-refractivity contribution in [2.24, 2.45) is 5.10 Å². The lowest BCUT2D eigenvalue weighted by atomic mass is 10.1. The second-order valence-electron chi connectivity index (χ2n) is 6.31. The van der Waals surface area contributed by atoms with Crippen molar-refractivity contribution in [1.82, 2.24) is 15.6 Å². The molecule has 0 aliphatic rings. The molecule has 2 aromatic carbocycles. The van der Waals surface area contributed by atoms with E-state index < -0.39 is 0 Å². The Labute approximate surface area is 164 Å². The summed E-state index contributed by atoms with van der Waals surface area (Å²) in [6.45, 7) is 2.56. The van der Waals surface area contributed by atoms with Crippen molar-refractivity contribution < 1.29 is 9.53 Å². The zero-order valence-electron chi connectivity index (χ0n) is 16.1. The quantitative estimate of drug-likeness (QED) is 0.489. The summed E-state index contributed by atoms with van der Waals surface area (Å²) in [4.78, 5) is 14.3. The molecule has 0 spiro atoms. The Morgan fingerprint density at radius 2 is 1.89 bits per heavy atom. The molecular weight excluding hydrogens is 354 g/mol. The molecule has 1 aromatic heterocycles. The summed E-state index contributed by atoms with van der Waals surface area (Å²) in [5.41, 5.74) is 6.40. The molecule has 0 saturated heterocycles. The van der Waals surface area contributed by atoms with Crippen LogP contribution in [0.3, 0.4) is 0 Å². The van der Waals surface area contributed by atoms with Gasteiger partial charge in [0.2, 0.25) is 0 Å². The minimum atomic E-state index is -0.356. The predicted molar refractivity (Wildman–Crippen MR) is 111 cm³/mol. The molecule has 3 aromatic rings. The fourth-order valence-corrected chi connectivity index (χ4v) is 2.56. The van der Waals surface area contributed by atoms with Gasteiger partial charge in [-0.25, -0.2) is 5.43 Å². The van der Waals surface area contributed by atoms with Crippen molar-refractivity contribution in [3.05, 3.63) is 65.9 Å². The van der Waals surface area contributed by atoms with E-state index in [9.17, 15) is 4.79 Å². The number of hydrogen-bond donors (Lipinski definition) is 2. The van der Waals surface area contributed by atoms with Crippen LogP contribution in [0.4, 0.5) is 5.69 Å². The summed E-state index contributed by atoms with van der Waals surface area (Å²) in [7, 11) is 3.96. The van der Waals surface area contributed by atoms with Crippen LogP contribution in [0.5, 0.6) is 5.75 Å². The lowest BCUT2D eigenvalue weighted by Gasteiger charge is -2.11. The van der Waals surface area contributed by atoms with Gasteiger partial charge in [0, 0.05) is 25.3 Å². The molecule has 0 unspecified atom stereocenters. The smallest absolute Gasteiger partial charge is 0.289 e. The van der Waals surface area contributed by atoms with Gasteiger partial charge < -0.3 is 9.64 Å². The van der Waals surface area contributed by atoms with Crippen molar-refractivity contribution >= 4 is 17.8 Å². The maximum atomic E-state index is 12.2. The predicted octanol–water partition coefficient (Wildman–Crippen LogP) is 3.31. The third-order valence-corrected chi connectivity index (χ3v) is 4.07. The van der Waals surface area contributed by atoms with E-state index in [1.54, 1.807) is 12.3 Å². The molecule has 0 saturated carbocycles. The fraction of sp³-hybridized carbons (Fsp3) is 0.190. The Morgan fingerprint density at radius 3 is 2.54 bits per heavy atom. The second-order valence-corrected chi connectivity index (χ2v) is 6.31. The summed E-state index contributed by atoms with van der Waals surface area (Å²) in [5.74, 6) is 0.443. The lowest BCUT2D eigenvalue weighted by Crippen LogP contribution is -2.18. The molecule has 0 aliphatic carbocycles. The Bertz CT molecular complexity index is 944. The number of hydrogen-bond acceptors (Lipinski definition) is 5. The molecule has 7 heteroatoms. The van der Waals surface area contributed by atoms with Gasteiger partial charge in [0.25, 0.3) is 5.91 Å². The van der Waals surface area contributed by atoms with Crippen LogP contribution in [-0.4, -0.2) is 43.0 Å². The van der Waals surface area contributed by atoms with Gasteiger partial charge in [-0.15, -0.1) is 0 Å². The van der Waals surface area contributed by atoms with E-state index in [1.807, 2.05) is 74.4 Å². The van der Waals surface area contributed by atoms with Gasteiger partial charge in [-0.1, -0.05) is 12.1 Å². The SMILES string of the molecule is CCOc1ccc(-c2cc(C(=O)N/N=C/c3ccc(N(C)C)cc3)[nH]n2)cc1. The first-order valence-corrected chi connectivity index (χ1v) is 8.96. The Balaban J connectivity index is 1.60. The van der Waals surface area contributed by atoms with Crippen molar-refractivity contribution in [3.8, 4) is 17.0 Å². The van der Waals surface area contributed by atoms with Gasteiger partial charge in [-0.3, -0.25) is 9.89 Å². The topological polar surface area (TPSA) is 82.6 Å². The van der Waals surface area contributed by atoms with Gasteiger partial charge in [0.15, 0.2) is 0 Å². The summed E-state index contributed by atoms with van der Waals surface area (Å²) in [6, 6.07) is 17.1. The molecule has 0 radical (unpaired) electrons. The van der Waals surface area contributed by atoms with Crippen LogP contribution in [0.25, 0.3) is 11.3 Å². The molecule has 2 N–H and O–H groups in total. The summed E-state index contributed by atoms with van der Waals surface area (Å²) >= 11 is 0. The number of rotatable bonds is 7. The van der Waals surface area contributed by atoms with E-state index in [2.05, 4.69) is 20.7 Å². The van der Waals surface area contributed by atoms with Gasteiger partial charge in [-0.2, -0.15) is 10.2 Å². The molecule has 144 valence electrons. The minimum Gasteiger partial charge on any atom is -0.494 e. The molecule has 0 atom stereocenters. The molecule has 1 amide bonds. The van der Waals surface area contributed by atoms with Gasteiger partial charge in [0.05, 0.1) is 18.5 Å². The van der Waals surface area contributed by atoms with Crippen LogP contribution in [0.15, 0.2) is 59.7 Å². The first-order chi connectivity index (χ1) is 13.6. The number of aromatic nitrogens is 2. The van der Waals surface area contributed by atoms with Gasteiger partial charge in [0.1, 0.15) is 11.4 Å². The molecule has 3 rings (SSSR count). The Kier molecular flexibility index (Phi) is 6.06. The fourth-order valence-electron chi connectivity index (χ4n) is 2.56. The summed E-state index contributed by atoms with van der Waals surface area (Å²) in [5, 5.41) is 10.9. The third kappa shape index (κ3) is 4.76. The first kappa shape index (κ1) is 19.2. The van der Waals surface area contributed by atoms with Crippen molar-refractivity contribution in [3.63, 3.8) is 0 Å². The van der Waals surface area contributed by atoms with Crippen LogP contribution in [-0.2, 0) is 0 Å². The standard InChI is InChI=1S/C21H23N5O2/c1-4-28-18-11-7-16(8-12-18)19-13-20(24-23-19)21(27)25-22-14-15-5-9-17(10-6-15)26(2)3/h5-14H,4H2,1-3H3,(H,23,24)(H,25,27)/b22-14+. The van der Waals surface area contributed by atoms with Gasteiger partial charge in [-0.05, 0) is 55.0 Å². The summed E-state index contributed by atoms with van der Waals surface area (Å²) < 4.78 is 5.43. The van der Waals surface area contributed by atoms with Crippen LogP contribution in [0.2, 0.25) is 0 Å². The number of H-pyrrole nitrogens is 1. The zero-order chi connectivity index (χ0) is 19.9. The molecule has 28 heavy (non-hydrogen) atoms. The number of nitrogens with one attached hydrogen (secondary N) is 2. The largest absolute Gasteiger partial charge is 0.494 e. The average Bonchev–Trinajstić information content (AvgIpc) is 3.19. The zero-order valence-corrected chi connectivity index (χ0v) is 16.1. The maximum Gasteiger partial charge on any atom is 0.289 e. The highest BCUT2D eigenvalue weighted by molar-refractivity contribution is 5.94. The molecule has 7 nitrogen and oxygen atoms in total. The molecule has 0 bridgehead atoms. The van der Waals surface area contributed by atoms with Crippen LogP contribution < -0.4 is 15.1 Å². The van der Waals surface area contributed by atoms with E-state index in [-0.39, 0.29) is 5.91 Å². The normalized spacial score (nSPS) is 10.8. The summed E-state index contributed by atoms with van der Waals surface area (Å²) in [6.07, 6.45) is 1.60. The van der Waals surface area contributed by atoms with E-state index in [0.29, 0.717) is 18.0 Å². The number of amides is 1. The van der Waals surface area contributed by atoms with E-state index >= 15 is 0 Å². The average molecular weight is 377 g/mol. The number of hydrazone groups is 1. The van der Waals surface area contributed by atoms with E-state index in [1.165, 1.54) is 0 Å². The number of aromatic amines is 1. The van der Waals surface area contributed by atoms with Crippen molar-refractivity contribution in [1.29, 1.82) is 0 Å². The van der Waals surface area contributed by atoms with Crippen LogP contribution >= 0.6 is 0 Å². The molecule has 1 heterocycles. The Morgan fingerprint density at radius 1 is 1.18 bits per heavy atom. The highest BCUT2D eigenvalue weighted by atomic mass is 16.5. The van der Waals surface area contributed by atoms with E-state index in [0.717, 1.165) is 22.6 Å². The molecule has 0 fully saturated rings. The number of nitrogens with zero attached hydrogens (tertiary/aromatic N) is 3. The number of carbonyl (C=O) groups excluding carboxylic acids is 1. The van der Waals surface area contributed by atoms with Crippen molar-refractivity contribution in [2.45, 2.75) is 6.92 Å². The Hall–Kier alpha value is -3.61. The van der Waals surface area contributed by atoms with Crippen LogP contribution in [0, 0.1) is 0 Å². The van der Waals surface area contributed by atoms with Crippen molar-refractivity contribution in [2.75, 3.05) is 25.6 Å². The minimum absolute atomic E-state index is 0.337. The third-order valence-electron chi connectivity index (χ3n) is 4.07. The van der Waals surface area contributed by atoms with E-state index in [4.69, 9.17) is 4.74 Å². The monoisotopic (exact) mass is 377 g/mol. The second kappa shape index (κ2) is 8.85. The number of benzene rings is 2. The highest BCUT2D eigenvalue weighted by Gasteiger charge is 2.10.